The van der Waals surface area contributed by atoms with Crippen LogP contribution in [0.3, 0.4) is 0 Å². The summed E-state index contributed by atoms with van der Waals surface area (Å²) in [7, 11) is 0. The highest BCUT2D eigenvalue weighted by Gasteiger charge is 2.40. The van der Waals surface area contributed by atoms with E-state index in [4.69, 9.17) is 0 Å². The second-order valence-electron chi connectivity index (χ2n) is 7.97. The molecule has 4 aromatic heterocycles. The van der Waals surface area contributed by atoms with Crippen molar-refractivity contribution in [3.8, 4) is 11.1 Å². The highest BCUT2D eigenvalue weighted by atomic mass is 15.3. The van der Waals surface area contributed by atoms with Crippen LogP contribution in [0.4, 0.5) is 5.95 Å². The van der Waals surface area contributed by atoms with Crippen LogP contribution in [0.15, 0.2) is 61.3 Å². The first kappa shape index (κ1) is 16.8. The topological polar surface area (TPSA) is 71.5 Å². The van der Waals surface area contributed by atoms with E-state index in [1.807, 2.05) is 40.6 Å². The normalized spacial score (nSPS) is 21.6. The summed E-state index contributed by atoms with van der Waals surface area (Å²) < 4.78 is 3.74. The first-order valence-electron chi connectivity index (χ1n) is 9.48. The van der Waals surface area contributed by atoms with E-state index < -0.39 is 0 Å². The number of fused-ring (bicyclic) bond motifs is 2. The van der Waals surface area contributed by atoms with Crippen molar-refractivity contribution in [3.05, 3.63) is 61.3 Å². The zero-order valence-electron chi connectivity index (χ0n) is 16.1. The fraction of sp³-hybridized carbons (Fsp3) is 0.286. The van der Waals surface area contributed by atoms with E-state index in [0.717, 1.165) is 40.7 Å². The minimum absolute atomic E-state index is 0.112. The van der Waals surface area contributed by atoms with Gasteiger partial charge in [0.1, 0.15) is 0 Å². The van der Waals surface area contributed by atoms with Gasteiger partial charge in [0.15, 0.2) is 0 Å². The Morgan fingerprint density at radius 1 is 1.21 bits per heavy atom. The summed E-state index contributed by atoms with van der Waals surface area (Å²) in [6.45, 7) is 8.16. The van der Waals surface area contributed by atoms with Crippen LogP contribution >= 0.6 is 0 Å². The zero-order chi connectivity index (χ0) is 19.3. The summed E-state index contributed by atoms with van der Waals surface area (Å²) in [4.78, 5) is 4.55. The van der Waals surface area contributed by atoms with Crippen molar-refractivity contribution in [2.75, 3.05) is 5.32 Å². The van der Waals surface area contributed by atoms with Crippen molar-refractivity contribution in [2.24, 2.45) is 0 Å². The number of allylic oxidation sites excluding steroid dienone is 1. The van der Waals surface area contributed by atoms with Gasteiger partial charge in [0.25, 0.3) is 0 Å². The van der Waals surface area contributed by atoms with Gasteiger partial charge in [-0.1, -0.05) is 6.58 Å². The Morgan fingerprint density at radius 2 is 2.04 bits per heavy atom. The molecule has 7 nitrogen and oxygen atoms in total. The monoisotopic (exact) mass is 373 g/mol. The van der Waals surface area contributed by atoms with Crippen LogP contribution in [0.1, 0.15) is 26.7 Å². The number of anilines is 1. The molecule has 0 aliphatic heterocycles. The lowest BCUT2D eigenvalue weighted by Crippen LogP contribution is -2.57. The fourth-order valence-electron chi connectivity index (χ4n) is 4.23. The molecule has 0 amide bonds. The SMILES string of the molecule is C=C(C)NC1(C)CC(Nc2ncc3c(-c4ccn5nccc5c4)ccn3n2)C1. The minimum Gasteiger partial charge on any atom is -0.384 e. The number of nitrogens with one attached hydrogen (secondary N) is 2. The highest BCUT2D eigenvalue weighted by Crippen LogP contribution is 2.34. The molecule has 0 spiro atoms. The molecule has 0 bridgehead atoms. The number of nitrogens with zero attached hydrogens (tertiary/aromatic N) is 5. The maximum atomic E-state index is 4.64. The molecule has 1 aliphatic rings. The van der Waals surface area contributed by atoms with Crippen LogP contribution in [0.5, 0.6) is 0 Å². The van der Waals surface area contributed by atoms with Crippen molar-refractivity contribution in [1.29, 1.82) is 0 Å². The highest BCUT2D eigenvalue weighted by molar-refractivity contribution is 5.82. The standard InChI is InChI=1S/C21H23N7/c1-14(2)25-21(3)11-16(12-21)24-20-22-13-19-18(6-9-28(19)26-20)15-5-8-27-17(10-15)4-7-23-27/h4-10,13,16,25H,1,11-12H2,2-3H3,(H,24,26). The molecule has 0 atom stereocenters. The number of rotatable bonds is 5. The zero-order valence-corrected chi connectivity index (χ0v) is 16.1. The predicted molar refractivity (Wildman–Crippen MR) is 110 cm³/mol. The lowest BCUT2D eigenvalue weighted by molar-refractivity contribution is 0.204. The molecule has 7 heteroatoms. The minimum atomic E-state index is 0.112. The van der Waals surface area contributed by atoms with Crippen molar-refractivity contribution in [3.63, 3.8) is 0 Å². The Bertz CT molecular complexity index is 1180. The molecule has 0 radical (unpaired) electrons. The Morgan fingerprint density at radius 3 is 2.86 bits per heavy atom. The Hall–Kier alpha value is -3.35. The van der Waals surface area contributed by atoms with Crippen LogP contribution < -0.4 is 10.6 Å². The van der Waals surface area contributed by atoms with Crippen LogP contribution in [0, 0.1) is 0 Å². The van der Waals surface area contributed by atoms with E-state index in [9.17, 15) is 0 Å². The first-order valence-corrected chi connectivity index (χ1v) is 9.48. The van der Waals surface area contributed by atoms with E-state index in [1.165, 1.54) is 0 Å². The molecular weight excluding hydrogens is 350 g/mol. The van der Waals surface area contributed by atoms with Crippen molar-refractivity contribution < 1.29 is 0 Å². The number of pyridine rings is 1. The fourth-order valence-corrected chi connectivity index (χ4v) is 4.23. The van der Waals surface area contributed by atoms with Gasteiger partial charge in [0.2, 0.25) is 5.95 Å². The van der Waals surface area contributed by atoms with Crippen molar-refractivity contribution in [1.82, 2.24) is 29.5 Å². The molecule has 28 heavy (non-hydrogen) atoms. The van der Waals surface area contributed by atoms with E-state index in [0.29, 0.717) is 12.0 Å². The van der Waals surface area contributed by atoms with Gasteiger partial charge in [-0.15, -0.1) is 5.10 Å². The molecule has 0 unspecified atom stereocenters. The van der Waals surface area contributed by atoms with Crippen LogP contribution in [0.25, 0.3) is 22.2 Å². The smallest absolute Gasteiger partial charge is 0.241 e. The molecule has 5 rings (SSSR count). The average molecular weight is 373 g/mol. The van der Waals surface area contributed by atoms with Gasteiger partial charge in [-0.25, -0.2) is 14.0 Å². The molecule has 4 aromatic rings. The molecule has 0 saturated heterocycles. The Kier molecular flexibility index (Phi) is 3.65. The molecule has 1 fully saturated rings. The molecule has 2 N–H and O–H groups in total. The van der Waals surface area contributed by atoms with Gasteiger partial charge in [0, 0.05) is 41.4 Å². The van der Waals surface area contributed by atoms with Crippen LogP contribution in [-0.4, -0.2) is 35.8 Å². The predicted octanol–water partition coefficient (Wildman–Crippen LogP) is 3.50. The van der Waals surface area contributed by atoms with E-state index >= 15 is 0 Å². The number of aromatic nitrogens is 5. The molecule has 142 valence electrons. The Labute approximate surface area is 163 Å². The lowest BCUT2D eigenvalue weighted by atomic mass is 9.74. The van der Waals surface area contributed by atoms with Crippen molar-refractivity contribution in [2.45, 2.75) is 38.3 Å². The summed E-state index contributed by atoms with van der Waals surface area (Å²) in [6.07, 6.45) is 9.67. The van der Waals surface area contributed by atoms with Gasteiger partial charge in [0.05, 0.1) is 17.2 Å². The largest absolute Gasteiger partial charge is 0.384 e. The summed E-state index contributed by atoms with van der Waals surface area (Å²) in [6, 6.07) is 8.63. The summed E-state index contributed by atoms with van der Waals surface area (Å²) in [5, 5.41) is 15.8. The summed E-state index contributed by atoms with van der Waals surface area (Å²) in [5.74, 6) is 0.656. The maximum absolute atomic E-state index is 4.64. The van der Waals surface area contributed by atoms with Crippen molar-refractivity contribution >= 4 is 17.0 Å². The lowest BCUT2D eigenvalue weighted by Gasteiger charge is -2.46. The third-order valence-corrected chi connectivity index (χ3v) is 5.37. The summed E-state index contributed by atoms with van der Waals surface area (Å²) >= 11 is 0. The molecule has 0 aromatic carbocycles. The second kappa shape index (κ2) is 6.09. The molecular formula is C21H23N7. The number of hydrogen-bond donors (Lipinski definition) is 2. The number of hydrogen-bond acceptors (Lipinski definition) is 5. The molecule has 1 aliphatic carbocycles. The van der Waals surface area contributed by atoms with Gasteiger partial charge in [-0.2, -0.15) is 5.10 Å². The van der Waals surface area contributed by atoms with Gasteiger partial charge >= 0.3 is 0 Å². The van der Waals surface area contributed by atoms with Crippen LogP contribution in [-0.2, 0) is 0 Å². The quantitative estimate of drug-likeness (QED) is 0.560. The van der Waals surface area contributed by atoms with Crippen LogP contribution in [0.2, 0.25) is 0 Å². The van der Waals surface area contributed by atoms with Gasteiger partial charge in [-0.05, 0) is 56.5 Å². The van der Waals surface area contributed by atoms with Gasteiger partial charge < -0.3 is 10.6 Å². The second-order valence-corrected chi connectivity index (χ2v) is 7.97. The molecule has 1 saturated carbocycles. The average Bonchev–Trinajstić information content (AvgIpc) is 3.25. The first-order chi connectivity index (χ1) is 13.5. The third kappa shape index (κ3) is 2.89. The van der Waals surface area contributed by atoms with E-state index in [1.54, 1.807) is 6.20 Å². The van der Waals surface area contributed by atoms with E-state index in [-0.39, 0.29) is 5.54 Å². The molecule has 4 heterocycles. The van der Waals surface area contributed by atoms with E-state index in [2.05, 4.69) is 57.5 Å². The third-order valence-electron chi connectivity index (χ3n) is 5.37. The van der Waals surface area contributed by atoms with Gasteiger partial charge in [-0.3, -0.25) is 0 Å². The Balaban J connectivity index is 1.36. The maximum Gasteiger partial charge on any atom is 0.241 e. The summed E-state index contributed by atoms with van der Waals surface area (Å²) in [5.41, 5.74) is 5.40.